The summed E-state index contributed by atoms with van der Waals surface area (Å²) in [5, 5.41) is 109. The minimum atomic E-state index is -1.88. The summed E-state index contributed by atoms with van der Waals surface area (Å²) < 4.78 is 0.412. The van der Waals surface area contributed by atoms with Gasteiger partial charge in [0.15, 0.2) is 0 Å². The molecule has 0 saturated heterocycles. The molecule has 2 aromatic carbocycles. The first-order valence-electron chi connectivity index (χ1n) is 17.7. The van der Waals surface area contributed by atoms with Gasteiger partial charge in [-0.05, 0) is 136 Å². The number of anilines is 2. The van der Waals surface area contributed by atoms with E-state index in [4.69, 9.17) is 0 Å². The van der Waals surface area contributed by atoms with E-state index in [1.54, 1.807) is 136 Å². The van der Waals surface area contributed by atoms with Crippen molar-refractivity contribution in [2.45, 2.75) is 36.6 Å². The summed E-state index contributed by atoms with van der Waals surface area (Å²) in [6.07, 6.45) is -8.64. The van der Waals surface area contributed by atoms with Gasteiger partial charge < -0.3 is 82.1 Å². The maximum absolute atomic E-state index is 13.5. The Bertz CT molecular complexity index is 1710. The number of aliphatic hydroxyl groups is 10. The largest absolute Gasteiger partial charge is 0.394 e. The van der Waals surface area contributed by atoms with Crippen molar-refractivity contribution < 1.29 is 79.8 Å². The van der Waals surface area contributed by atoms with E-state index in [1.165, 1.54) is 0 Å². The highest BCUT2D eigenvalue weighted by Crippen LogP contribution is 2.39. The van der Waals surface area contributed by atoms with E-state index >= 15 is 0 Å². The average molecular weight is 1550 g/mol. The topological polar surface area (TPSA) is 359 Å². The molecule has 0 bridgehead atoms. The number of rotatable bonds is 25. The van der Waals surface area contributed by atoms with Gasteiger partial charge in [0, 0.05) is 33.3 Å². The second-order valence-electron chi connectivity index (χ2n) is 12.9. The highest BCUT2D eigenvalue weighted by atomic mass is 127. The standard InChI is InChI=1S/C34H42I6N6O16/c35-23-19(31(59)41-1-13(53)7-47)25(37)29(26(38)20(23)32(60)42-2-14(54)8-48)45(11-51)5-17(57)18(58)6-46(12-52)30-27(39)21(33(61)43-3-15(55)9-49)24(36)22(28(30)40)34(62)44-4-16(56)10-50/h11-18,47-50,53-58H,1-10H2,(H,41,59)(H,42,60)(H,43,61)(H,44,62). The Balaban J connectivity index is 2.69. The van der Waals surface area contributed by atoms with Crippen molar-refractivity contribution in [3.8, 4) is 0 Å². The minimum Gasteiger partial charge on any atom is -0.394 e. The first kappa shape index (κ1) is 57.4. The molecule has 6 amide bonds. The van der Waals surface area contributed by atoms with Crippen molar-refractivity contribution in [3.63, 3.8) is 0 Å². The predicted octanol–water partition coefficient (Wildman–Crippen LogP) is -3.01. The summed E-state index contributed by atoms with van der Waals surface area (Å²) in [7, 11) is 0. The van der Waals surface area contributed by atoms with Crippen LogP contribution < -0.4 is 31.1 Å². The van der Waals surface area contributed by atoms with Crippen LogP contribution in [0.1, 0.15) is 41.4 Å². The summed E-state index contributed by atoms with van der Waals surface area (Å²) in [5.74, 6) is -3.34. The molecule has 2 rings (SSSR count). The molecule has 6 atom stereocenters. The summed E-state index contributed by atoms with van der Waals surface area (Å²) in [6.45, 7) is -5.80. The number of carbonyl (C=O) groups is 6. The number of benzene rings is 2. The third-order valence-corrected chi connectivity index (χ3v) is 14.7. The van der Waals surface area contributed by atoms with Crippen molar-refractivity contribution in [2.24, 2.45) is 0 Å². The maximum atomic E-state index is 13.5. The number of amides is 6. The van der Waals surface area contributed by atoms with Gasteiger partial charge in [-0.1, -0.05) is 0 Å². The second kappa shape index (κ2) is 27.8. The normalized spacial score (nSPS) is 14.1. The van der Waals surface area contributed by atoms with Gasteiger partial charge >= 0.3 is 0 Å². The lowest BCUT2D eigenvalue weighted by Crippen LogP contribution is -2.46. The molecular formula is C34H42I6N6O16. The summed E-state index contributed by atoms with van der Waals surface area (Å²) >= 11 is 10.4. The van der Waals surface area contributed by atoms with E-state index in [9.17, 15) is 79.8 Å². The fourth-order valence-electron chi connectivity index (χ4n) is 5.08. The van der Waals surface area contributed by atoms with E-state index in [0.717, 1.165) is 9.80 Å². The highest BCUT2D eigenvalue weighted by Gasteiger charge is 2.35. The molecule has 6 unspecified atom stereocenters. The van der Waals surface area contributed by atoms with Crippen molar-refractivity contribution in [2.75, 3.05) is 75.5 Å². The lowest BCUT2D eigenvalue weighted by molar-refractivity contribution is -0.109. The summed E-state index contributed by atoms with van der Waals surface area (Å²) in [5.41, 5.74) is -0.820. The first-order chi connectivity index (χ1) is 29.2. The van der Waals surface area contributed by atoms with Gasteiger partial charge in [0.25, 0.3) is 23.6 Å². The van der Waals surface area contributed by atoms with E-state index in [2.05, 4.69) is 21.3 Å². The number of nitrogens with one attached hydrogen (secondary N) is 4. The Labute approximate surface area is 435 Å². The molecule has 2 aromatic rings. The van der Waals surface area contributed by atoms with Crippen LogP contribution in [0.5, 0.6) is 0 Å². The zero-order chi connectivity index (χ0) is 47.2. The lowest BCUT2D eigenvalue weighted by Gasteiger charge is -2.31. The molecule has 14 N–H and O–H groups in total. The quantitative estimate of drug-likeness (QED) is 0.0348. The van der Waals surface area contributed by atoms with Crippen LogP contribution in [0.25, 0.3) is 0 Å². The third-order valence-electron chi connectivity index (χ3n) is 8.37. The van der Waals surface area contributed by atoms with Crippen LogP contribution in [0, 0.1) is 21.4 Å². The number of hydrogen-bond acceptors (Lipinski definition) is 16. The smallest absolute Gasteiger partial charge is 0.253 e. The van der Waals surface area contributed by atoms with E-state index in [-0.39, 0.29) is 67.9 Å². The van der Waals surface area contributed by atoms with Crippen LogP contribution in [0.15, 0.2) is 0 Å². The Morgan fingerprint density at radius 2 is 0.645 bits per heavy atom. The van der Waals surface area contributed by atoms with Gasteiger partial charge in [-0.2, -0.15) is 0 Å². The first-order valence-corrected chi connectivity index (χ1v) is 24.1. The van der Waals surface area contributed by atoms with Gasteiger partial charge in [-0.3, -0.25) is 28.8 Å². The fourth-order valence-corrected chi connectivity index (χ4v) is 14.6. The Morgan fingerprint density at radius 3 is 0.823 bits per heavy atom. The van der Waals surface area contributed by atoms with Crippen LogP contribution >= 0.6 is 136 Å². The van der Waals surface area contributed by atoms with E-state index in [1.807, 2.05) is 0 Å². The average Bonchev–Trinajstić information content (AvgIpc) is 3.24. The van der Waals surface area contributed by atoms with Gasteiger partial charge in [0.1, 0.15) is 0 Å². The number of halogens is 6. The zero-order valence-electron chi connectivity index (χ0n) is 31.8. The molecule has 0 radical (unpaired) electrons. The summed E-state index contributed by atoms with van der Waals surface area (Å²) in [6, 6.07) is 0. The number of hydrogen-bond donors (Lipinski definition) is 14. The highest BCUT2D eigenvalue weighted by molar-refractivity contribution is 14.1. The zero-order valence-corrected chi connectivity index (χ0v) is 44.7. The number of nitrogens with zero attached hydrogens (tertiary/aromatic N) is 2. The second-order valence-corrected chi connectivity index (χ2v) is 19.4. The van der Waals surface area contributed by atoms with E-state index < -0.39 is 126 Å². The number of aliphatic hydroxyl groups excluding tert-OH is 10. The van der Waals surface area contributed by atoms with Gasteiger partial charge in [0.2, 0.25) is 12.8 Å². The third kappa shape index (κ3) is 15.1. The molecule has 0 aliphatic heterocycles. The molecule has 346 valence electrons. The molecule has 0 aromatic heterocycles. The van der Waals surface area contributed by atoms with Crippen molar-refractivity contribution in [3.05, 3.63) is 43.7 Å². The van der Waals surface area contributed by atoms with Crippen LogP contribution in [0.4, 0.5) is 11.4 Å². The number of carbonyl (C=O) groups excluding carboxylic acids is 6. The van der Waals surface area contributed by atoms with Crippen molar-refractivity contribution in [1.82, 2.24) is 21.3 Å². The molecule has 28 heteroatoms. The van der Waals surface area contributed by atoms with Gasteiger partial charge in [-0.25, -0.2) is 0 Å². The Hall–Kier alpha value is -0.760. The summed E-state index contributed by atoms with van der Waals surface area (Å²) in [4.78, 5) is 81.4. The molecule has 0 saturated carbocycles. The minimum absolute atomic E-state index is 0.0668. The molecule has 0 fully saturated rings. The molecule has 0 spiro atoms. The van der Waals surface area contributed by atoms with Gasteiger partial charge in [-0.15, -0.1) is 0 Å². The van der Waals surface area contributed by atoms with Crippen molar-refractivity contribution in [1.29, 1.82) is 0 Å². The lowest BCUT2D eigenvalue weighted by atomic mass is 10.0. The Morgan fingerprint density at radius 1 is 0.435 bits per heavy atom. The SMILES string of the molecule is O=CN(CC(O)C(O)CN(C=O)c1c(I)c(C(=O)NCC(O)CO)c(I)c(C(=O)NCC(O)CO)c1I)c1c(I)c(C(=O)NCC(O)CO)c(I)c(C(=O)NCC(O)CO)c1I. The molecular weight excluding hydrogens is 1510 g/mol. The van der Waals surface area contributed by atoms with Crippen LogP contribution in [0.2, 0.25) is 0 Å². The van der Waals surface area contributed by atoms with Gasteiger partial charge in [0.05, 0.1) is 124 Å². The molecule has 62 heavy (non-hydrogen) atoms. The Kier molecular flexibility index (Phi) is 25.7. The molecule has 0 heterocycles. The predicted molar refractivity (Wildman–Crippen MR) is 270 cm³/mol. The van der Waals surface area contributed by atoms with E-state index in [0.29, 0.717) is 0 Å². The molecule has 22 nitrogen and oxygen atoms in total. The fraction of sp³-hybridized carbons (Fsp3) is 0.471. The molecule has 0 aliphatic carbocycles. The monoisotopic (exact) mass is 1550 g/mol. The maximum Gasteiger partial charge on any atom is 0.253 e. The molecule has 0 aliphatic rings. The van der Waals surface area contributed by atoms with Crippen LogP contribution in [-0.2, 0) is 9.59 Å². The van der Waals surface area contributed by atoms with Crippen LogP contribution in [-0.4, -0.2) is 190 Å². The van der Waals surface area contributed by atoms with Crippen LogP contribution in [0.3, 0.4) is 0 Å². The van der Waals surface area contributed by atoms with Crippen molar-refractivity contribution >= 4 is 183 Å².